The first-order valence-corrected chi connectivity index (χ1v) is 4.88. The van der Waals surface area contributed by atoms with Gasteiger partial charge in [-0.2, -0.15) is 0 Å². The molecule has 2 N–H and O–H groups in total. The summed E-state index contributed by atoms with van der Waals surface area (Å²) in [5.74, 6) is 1.23. The highest BCUT2D eigenvalue weighted by Crippen LogP contribution is 2.21. The number of hydrogen-bond donors (Lipinski definition) is 1. The third kappa shape index (κ3) is 1.29. The van der Waals surface area contributed by atoms with Gasteiger partial charge in [-0.1, -0.05) is 6.07 Å². The van der Waals surface area contributed by atoms with Crippen molar-refractivity contribution in [1.29, 1.82) is 0 Å². The number of carbonyl (C=O) groups excluding carboxylic acids is 1. The highest BCUT2D eigenvalue weighted by molar-refractivity contribution is 9.10. The minimum Gasteiger partial charge on any atom is -0.385 e. The summed E-state index contributed by atoms with van der Waals surface area (Å²) in [6, 6.07) is 5.51. The van der Waals surface area contributed by atoms with E-state index < -0.39 is 0 Å². The number of anilines is 1. The summed E-state index contributed by atoms with van der Waals surface area (Å²) in [4.78, 5) is 14.6. The number of rotatable bonds is 2. The van der Waals surface area contributed by atoms with Gasteiger partial charge in [0.2, 0.25) is 0 Å². The molecule has 0 amide bonds. The molecule has 0 radical (unpaired) electrons. The minimum absolute atomic E-state index is 0.265. The number of hydrogen-bond acceptors (Lipinski definition) is 3. The maximum absolute atomic E-state index is 10.4. The molecule has 0 saturated carbocycles. The van der Waals surface area contributed by atoms with Gasteiger partial charge < -0.3 is 10.5 Å². The molecule has 0 aromatic carbocycles. The maximum atomic E-state index is 10.4. The monoisotopic (exact) mass is 253 g/mol. The lowest BCUT2D eigenvalue weighted by Gasteiger charge is -2.01. The van der Waals surface area contributed by atoms with Crippen LogP contribution in [0.2, 0.25) is 0 Å². The molecular formula is C9H8BrN3O. The summed E-state index contributed by atoms with van der Waals surface area (Å²) in [6.07, 6.45) is 1.08. The number of carbonyl (C=O) groups is 1. The van der Waals surface area contributed by atoms with Crippen molar-refractivity contribution in [1.82, 2.24) is 9.38 Å². The largest absolute Gasteiger partial charge is 0.385 e. The van der Waals surface area contributed by atoms with Crippen LogP contribution >= 0.6 is 15.9 Å². The van der Waals surface area contributed by atoms with Crippen LogP contribution in [0.25, 0.3) is 5.52 Å². The first-order chi connectivity index (χ1) is 6.74. The molecule has 0 spiro atoms. The zero-order chi connectivity index (χ0) is 10.1. The van der Waals surface area contributed by atoms with Crippen molar-refractivity contribution in [3.05, 3.63) is 28.6 Å². The number of nitrogens with zero attached hydrogens (tertiary/aromatic N) is 2. The molecule has 0 unspecified atom stereocenters. The predicted molar refractivity (Wildman–Crippen MR) is 57.1 cm³/mol. The predicted octanol–water partition coefficient (Wildman–Crippen LogP) is 1.42. The molecule has 72 valence electrons. The van der Waals surface area contributed by atoms with Gasteiger partial charge >= 0.3 is 0 Å². The van der Waals surface area contributed by atoms with Gasteiger partial charge in [0.1, 0.15) is 22.5 Å². The molecule has 2 aromatic heterocycles. The van der Waals surface area contributed by atoms with Crippen LogP contribution in [0, 0.1) is 0 Å². The highest BCUT2D eigenvalue weighted by atomic mass is 79.9. The van der Waals surface area contributed by atoms with Crippen LogP contribution in [0.1, 0.15) is 5.82 Å². The molecule has 0 bridgehead atoms. The number of aromatic nitrogens is 2. The molecule has 2 rings (SSSR count). The van der Waals surface area contributed by atoms with Crippen LogP contribution in [0.4, 0.5) is 5.82 Å². The van der Waals surface area contributed by atoms with Crippen molar-refractivity contribution in [2.75, 3.05) is 5.73 Å². The standard InChI is InChI=1S/C9H8BrN3O/c10-9-6-2-1-3-7(11)13(6)8(12-9)4-5-14/h1-3,5H,4,11H2. The zero-order valence-corrected chi connectivity index (χ0v) is 8.86. The Hall–Kier alpha value is -1.36. The lowest BCUT2D eigenvalue weighted by molar-refractivity contribution is -0.107. The average molecular weight is 254 g/mol. The minimum atomic E-state index is 0.265. The van der Waals surface area contributed by atoms with E-state index in [4.69, 9.17) is 5.73 Å². The van der Waals surface area contributed by atoms with E-state index in [1.165, 1.54) is 0 Å². The Bertz CT molecular complexity index is 492. The molecule has 0 saturated heterocycles. The van der Waals surface area contributed by atoms with Gasteiger partial charge in [0.25, 0.3) is 0 Å². The summed E-state index contributed by atoms with van der Waals surface area (Å²) in [5, 5.41) is 0. The lowest BCUT2D eigenvalue weighted by Crippen LogP contribution is -2.01. The molecular weight excluding hydrogens is 246 g/mol. The van der Waals surface area contributed by atoms with Gasteiger partial charge in [-0.15, -0.1) is 0 Å². The molecule has 0 aliphatic carbocycles. The number of nitrogen functional groups attached to an aromatic ring is 1. The van der Waals surface area contributed by atoms with Crippen LogP contribution < -0.4 is 5.73 Å². The van der Waals surface area contributed by atoms with Crippen LogP contribution in [-0.4, -0.2) is 15.7 Å². The van der Waals surface area contributed by atoms with E-state index in [0.29, 0.717) is 16.2 Å². The van der Waals surface area contributed by atoms with Gasteiger partial charge in [-0.3, -0.25) is 4.40 Å². The van der Waals surface area contributed by atoms with Crippen molar-refractivity contribution in [3.63, 3.8) is 0 Å². The fourth-order valence-electron chi connectivity index (χ4n) is 1.41. The third-order valence-electron chi connectivity index (χ3n) is 1.98. The second-order valence-electron chi connectivity index (χ2n) is 2.86. The van der Waals surface area contributed by atoms with Crippen molar-refractivity contribution < 1.29 is 4.79 Å². The second kappa shape index (κ2) is 3.42. The smallest absolute Gasteiger partial charge is 0.132 e. The summed E-state index contributed by atoms with van der Waals surface area (Å²) in [5.41, 5.74) is 6.66. The van der Waals surface area contributed by atoms with E-state index in [9.17, 15) is 4.79 Å². The Morgan fingerprint density at radius 1 is 1.57 bits per heavy atom. The van der Waals surface area contributed by atoms with Gasteiger partial charge in [-0.05, 0) is 28.1 Å². The summed E-state index contributed by atoms with van der Waals surface area (Å²) in [6.45, 7) is 0. The van der Waals surface area contributed by atoms with E-state index in [1.54, 1.807) is 10.5 Å². The zero-order valence-electron chi connectivity index (χ0n) is 7.27. The Labute approximate surface area is 88.9 Å². The highest BCUT2D eigenvalue weighted by Gasteiger charge is 2.09. The molecule has 0 fully saturated rings. The van der Waals surface area contributed by atoms with Gasteiger partial charge in [-0.25, -0.2) is 4.98 Å². The molecule has 0 aliphatic rings. The first kappa shape index (κ1) is 9.21. The third-order valence-corrected chi connectivity index (χ3v) is 2.57. The molecule has 2 heterocycles. The molecule has 5 heteroatoms. The Morgan fingerprint density at radius 2 is 2.36 bits per heavy atom. The molecule has 14 heavy (non-hydrogen) atoms. The van der Waals surface area contributed by atoms with Crippen LogP contribution in [-0.2, 0) is 11.2 Å². The Balaban J connectivity index is 2.78. The normalized spacial score (nSPS) is 10.6. The van der Waals surface area contributed by atoms with E-state index in [0.717, 1.165) is 11.8 Å². The Morgan fingerprint density at radius 3 is 3.07 bits per heavy atom. The van der Waals surface area contributed by atoms with Crippen molar-refractivity contribution >= 4 is 33.6 Å². The van der Waals surface area contributed by atoms with Crippen molar-refractivity contribution in [2.24, 2.45) is 0 Å². The number of fused-ring (bicyclic) bond motifs is 1. The van der Waals surface area contributed by atoms with Gasteiger partial charge in [0.15, 0.2) is 0 Å². The number of aldehydes is 1. The van der Waals surface area contributed by atoms with E-state index in [2.05, 4.69) is 20.9 Å². The van der Waals surface area contributed by atoms with E-state index >= 15 is 0 Å². The van der Waals surface area contributed by atoms with Crippen molar-refractivity contribution in [2.45, 2.75) is 6.42 Å². The quantitative estimate of drug-likeness (QED) is 0.824. The van der Waals surface area contributed by atoms with E-state index in [-0.39, 0.29) is 6.42 Å². The molecule has 2 aromatic rings. The van der Waals surface area contributed by atoms with Gasteiger partial charge in [0.05, 0.1) is 11.9 Å². The number of pyridine rings is 1. The first-order valence-electron chi connectivity index (χ1n) is 4.09. The van der Waals surface area contributed by atoms with Crippen LogP contribution in [0.5, 0.6) is 0 Å². The molecule has 0 atom stereocenters. The second-order valence-corrected chi connectivity index (χ2v) is 3.61. The SMILES string of the molecule is Nc1cccc2c(Br)nc(CC=O)n12. The summed E-state index contributed by atoms with van der Waals surface area (Å²) in [7, 11) is 0. The van der Waals surface area contributed by atoms with Crippen LogP contribution in [0.3, 0.4) is 0 Å². The molecule has 0 aliphatic heterocycles. The summed E-state index contributed by atoms with van der Waals surface area (Å²) >= 11 is 3.32. The number of halogens is 1. The summed E-state index contributed by atoms with van der Waals surface area (Å²) < 4.78 is 2.47. The number of nitrogens with two attached hydrogens (primary N) is 1. The Kier molecular flexibility index (Phi) is 2.25. The number of imidazole rings is 1. The van der Waals surface area contributed by atoms with E-state index in [1.807, 2.05) is 12.1 Å². The topological polar surface area (TPSA) is 60.4 Å². The average Bonchev–Trinajstić information content (AvgIpc) is 2.46. The molecule has 4 nitrogen and oxygen atoms in total. The fraction of sp³-hybridized carbons (Fsp3) is 0.111. The maximum Gasteiger partial charge on any atom is 0.132 e. The lowest BCUT2D eigenvalue weighted by atomic mass is 10.4. The van der Waals surface area contributed by atoms with Crippen molar-refractivity contribution in [3.8, 4) is 0 Å². The van der Waals surface area contributed by atoms with Gasteiger partial charge in [0, 0.05) is 0 Å². The van der Waals surface area contributed by atoms with Crippen LogP contribution in [0.15, 0.2) is 22.8 Å². The fourth-order valence-corrected chi connectivity index (χ4v) is 1.92.